The van der Waals surface area contributed by atoms with E-state index < -0.39 is 23.0 Å². The van der Waals surface area contributed by atoms with E-state index >= 15 is 0 Å². The van der Waals surface area contributed by atoms with Gasteiger partial charge in [0.15, 0.2) is 5.78 Å². The first-order valence-electron chi connectivity index (χ1n) is 5.91. The van der Waals surface area contributed by atoms with Crippen LogP contribution in [0.3, 0.4) is 0 Å². The van der Waals surface area contributed by atoms with Crippen LogP contribution >= 0.6 is 0 Å². The zero-order chi connectivity index (χ0) is 13.1. The maximum absolute atomic E-state index is 13.7. The van der Waals surface area contributed by atoms with Crippen LogP contribution in [0.25, 0.3) is 0 Å². The minimum absolute atomic E-state index is 0.0725. The number of benzene rings is 1. The molecule has 0 aliphatic carbocycles. The first-order valence-corrected chi connectivity index (χ1v) is 5.91. The molecule has 0 radical (unpaired) electrons. The Balaban J connectivity index is 2.29. The van der Waals surface area contributed by atoms with Crippen molar-refractivity contribution in [3.8, 4) is 5.75 Å². The van der Waals surface area contributed by atoms with Gasteiger partial charge in [0.25, 0.3) is 0 Å². The molecule has 1 unspecified atom stereocenters. The first-order chi connectivity index (χ1) is 8.63. The average Bonchev–Trinajstić information content (AvgIpc) is 2.38. The number of Topliss-reactive ketones (excluding diaryl/α,β-unsaturated/α-hetero) is 1. The Bertz CT molecular complexity index is 433. The number of ether oxygens (including phenoxy) is 1. The molecule has 18 heavy (non-hydrogen) atoms. The molecule has 0 bridgehead atoms. The van der Waals surface area contributed by atoms with Gasteiger partial charge in [-0.3, -0.25) is 4.79 Å². The number of methoxy groups -OCH3 is 1. The number of carbonyl (C=O) groups is 1. The maximum atomic E-state index is 13.7. The van der Waals surface area contributed by atoms with Gasteiger partial charge in [-0.25, -0.2) is 8.78 Å². The standard InChI is InChI=1S/C13H15F2NO2/c1-18-9-5-10(14)12(11(15)6-9)13(17)8-3-2-4-16-7-8/h5-6,8,16H,2-4,7H2,1H3. The predicted molar refractivity (Wildman–Crippen MR) is 62.8 cm³/mol. The molecule has 3 nitrogen and oxygen atoms in total. The van der Waals surface area contributed by atoms with E-state index in [1.807, 2.05) is 0 Å². The topological polar surface area (TPSA) is 38.3 Å². The van der Waals surface area contributed by atoms with Gasteiger partial charge >= 0.3 is 0 Å². The van der Waals surface area contributed by atoms with Gasteiger partial charge in [0.2, 0.25) is 0 Å². The van der Waals surface area contributed by atoms with E-state index in [2.05, 4.69) is 5.32 Å². The van der Waals surface area contributed by atoms with E-state index in [0.29, 0.717) is 13.0 Å². The molecule has 1 fully saturated rings. The van der Waals surface area contributed by atoms with Crippen molar-refractivity contribution in [1.29, 1.82) is 0 Å². The van der Waals surface area contributed by atoms with Crippen molar-refractivity contribution < 1.29 is 18.3 Å². The summed E-state index contributed by atoms with van der Waals surface area (Å²) >= 11 is 0. The summed E-state index contributed by atoms with van der Waals surface area (Å²) in [5, 5.41) is 3.06. The number of rotatable bonds is 3. The first kappa shape index (κ1) is 13.0. The summed E-state index contributed by atoms with van der Waals surface area (Å²) in [5.41, 5.74) is -0.454. The third-order valence-corrected chi connectivity index (χ3v) is 3.17. The number of halogens is 2. The molecule has 2 rings (SSSR count). The van der Waals surface area contributed by atoms with Crippen LogP contribution in [0.15, 0.2) is 12.1 Å². The molecule has 0 spiro atoms. The number of hydrogen-bond acceptors (Lipinski definition) is 3. The highest BCUT2D eigenvalue weighted by Gasteiger charge is 2.27. The third kappa shape index (κ3) is 2.51. The number of carbonyl (C=O) groups excluding carboxylic acids is 1. The second-order valence-electron chi connectivity index (χ2n) is 4.37. The molecule has 1 aromatic carbocycles. The molecule has 1 aliphatic heterocycles. The summed E-state index contributed by atoms with van der Waals surface area (Å²) in [6.45, 7) is 1.32. The van der Waals surface area contributed by atoms with Crippen LogP contribution in [-0.2, 0) is 0 Å². The summed E-state index contributed by atoms with van der Waals surface area (Å²) in [7, 11) is 1.32. The van der Waals surface area contributed by atoms with Crippen molar-refractivity contribution >= 4 is 5.78 Å². The lowest BCUT2D eigenvalue weighted by molar-refractivity contribution is 0.0891. The lowest BCUT2D eigenvalue weighted by atomic mass is 9.90. The van der Waals surface area contributed by atoms with Gasteiger partial charge in [0, 0.05) is 24.6 Å². The van der Waals surface area contributed by atoms with E-state index in [0.717, 1.165) is 25.1 Å². The highest BCUT2D eigenvalue weighted by Crippen LogP contribution is 2.25. The van der Waals surface area contributed by atoms with E-state index in [9.17, 15) is 13.6 Å². The molecular formula is C13H15F2NO2. The molecule has 1 saturated heterocycles. The summed E-state index contributed by atoms with van der Waals surface area (Å²) in [4.78, 5) is 12.1. The minimum atomic E-state index is -0.859. The van der Waals surface area contributed by atoms with Gasteiger partial charge in [0.05, 0.1) is 12.7 Å². The predicted octanol–water partition coefficient (Wildman–Crippen LogP) is 2.16. The minimum Gasteiger partial charge on any atom is -0.497 e. The number of nitrogens with one attached hydrogen (secondary N) is 1. The van der Waals surface area contributed by atoms with Crippen LogP contribution < -0.4 is 10.1 Å². The van der Waals surface area contributed by atoms with E-state index in [1.54, 1.807) is 0 Å². The summed E-state index contributed by atoms with van der Waals surface area (Å²) < 4.78 is 32.2. The molecule has 0 amide bonds. The van der Waals surface area contributed by atoms with Crippen molar-refractivity contribution in [1.82, 2.24) is 5.32 Å². The molecule has 98 valence electrons. The van der Waals surface area contributed by atoms with Crippen molar-refractivity contribution in [2.45, 2.75) is 12.8 Å². The molecule has 1 atom stereocenters. The molecule has 0 saturated carbocycles. The molecule has 1 aliphatic rings. The highest BCUT2D eigenvalue weighted by molar-refractivity contribution is 5.98. The second kappa shape index (κ2) is 5.44. The van der Waals surface area contributed by atoms with Gasteiger partial charge in [0.1, 0.15) is 17.4 Å². The van der Waals surface area contributed by atoms with Crippen molar-refractivity contribution in [3.05, 3.63) is 29.3 Å². The average molecular weight is 255 g/mol. The zero-order valence-corrected chi connectivity index (χ0v) is 10.1. The van der Waals surface area contributed by atoms with Crippen LogP contribution in [0.2, 0.25) is 0 Å². The van der Waals surface area contributed by atoms with E-state index in [4.69, 9.17) is 4.74 Å². The summed E-state index contributed by atoms with van der Waals surface area (Å²) in [6.07, 6.45) is 1.51. The molecule has 1 heterocycles. The summed E-state index contributed by atoms with van der Waals surface area (Å²) in [5.74, 6) is -2.47. The molecule has 5 heteroatoms. The lowest BCUT2D eigenvalue weighted by Gasteiger charge is -2.22. The van der Waals surface area contributed by atoms with E-state index in [-0.39, 0.29) is 11.7 Å². The van der Waals surface area contributed by atoms with E-state index in [1.165, 1.54) is 7.11 Å². The summed E-state index contributed by atoms with van der Waals surface area (Å²) in [6, 6.07) is 2.07. The SMILES string of the molecule is COc1cc(F)c(C(=O)C2CCCNC2)c(F)c1. The van der Waals surface area contributed by atoms with Crippen molar-refractivity contribution in [2.75, 3.05) is 20.2 Å². The Morgan fingerprint density at radius 2 is 2.06 bits per heavy atom. The third-order valence-electron chi connectivity index (χ3n) is 3.17. The Hall–Kier alpha value is -1.49. The van der Waals surface area contributed by atoms with Crippen LogP contribution in [0, 0.1) is 17.6 Å². The van der Waals surface area contributed by atoms with Crippen LogP contribution in [0.4, 0.5) is 8.78 Å². The Kier molecular flexibility index (Phi) is 3.91. The normalized spacial score (nSPS) is 19.6. The Morgan fingerprint density at radius 3 is 2.56 bits per heavy atom. The monoisotopic (exact) mass is 255 g/mol. The Morgan fingerprint density at radius 1 is 1.39 bits per heavy atom. The second-order valence-corrected chi connectivity index (χ2v) is 4.37. The quantitative estimate of drug-likeness (QED) is 0.841. The smallest absolute Gasteiger partial charge is 0.173 e. The van der Waals surface area contributed by atoms with Crippen molar-refractivity contribution in [2.24, 2.45) is 5.92 Å². The van der Waals surface area contributed by atoms with Gasteiger partial charge in [-0.15, -0.1) is 0 Å². The fourth-order valence-corrected chi connectivity index (χ4v) is 2.18. The van der Waals surface area contributed by atoms with Crippen LogP contribution in [0.5, 0.6) is 5.75 Å². The van der Waals surface area contributed by atoms with Gasteiger partial charge in [-0.2, -0.15) is 0 Å². The molecule has 1 N–H and O–H groups in total. The fraction of sp³-hybridized carbons (Fsp3) is 0.462. The molecule has 1 aromatic rings. The number of piperidine rings is 1. The molecule has 0 aromatic heterocycles. The van der Waals surface area contributed by atoms with Crippen LogP contribution in [0.1, 0.15) is 23.2 Å². The Labute approximate surface area is 104 Å². The highest BCUT2D eigenvalue weighted by atomic mass is 19.1. The number of hydrogen-bond donors (Lipinski definition) is 1. The van der Waals surface area contributed by atoms with Gasteiger partial charge in [-0.1, -0.05) is 0 Å². The van der Waals surface area contributed by atoms with Crippen molar-refractivity contribution in [3.63, 3.8) is 0 Å². The fourth-order valence-electron chi connectivity index (χ4n) is 2.18. The van der Waals surface area contributed by atoms with Crippen LogP contribution in [-0.4, -0.2) is 26.0 Å². The lowest BCUT2D eigenvalue weighted by Crippen LogP contribution is -2.35. The largest absolute Gasteiger partial charge is 0.497 e. The van der Waals surface area contributed by atoms with Gasteiger partial charge < -0.3 is 10.1 Å². The number of ketones is 1. The zero-order valence-electron chi connectivity index (χ0n) is 10.1. The molecular weight excluding hydrogens is 240 g/mol. The van der Waals surface area contributed by atoms with Gasteiger partial charge in [-0.05, 0) is 19.4 Å². The maximum Gasteiger partial charge on any atom is 0.173 e.